The van der Waals surface area contributed by atoms with E-state index in [1.807, 2.05) is 0 Å². The molecule has 12 heteroatoms. The smallest absolute Gasteiger partial charge is 0.346 e. The third-order valence-corrected chi connectivity index (χ3v) is 5.02. The number of halogens is 6. The van der Waals surface area contributed by atoms with Crippen molar-refractivity contribution in [3.63, 3.8) is 0 Å². The zero-order chi connectivity index (χ0) is 24.6. The molecule has 6 nitrogen and oxygen atoms in total. The SMILES string of the molecule is C[C@@](F)(C(=O)NCC(F)(F)C(F)(F)F)C(=O)N[C@H]1C(=O)Nc2ccccc2-c2ccccc21. The maximum absolute atomic E-state index is 14.9. The molecule has 33 heavy (non-hydrogen) atoms. The van der Waals surface area contributed by atoms with Crippen LogP contribution in [0.4, 0.5) is 32.0 Å². The van der Waals surface area contributed by atoms with Gasteiger partial charge >= 0.3 is 12.1 Å². The van der Waals surface area contributed by atoms with E-state index >= 15 is 0 Å². The van der Waals surface area contributed by atoms with Gasteiger partial charge < -0.3 is 16.0 Å². The first-order valence-corrected chi connectivity index (χ1v) is 9.47. The largest absolute Gasteiger partial charge is 0.455 e. The summed E-state index contributed by atoms with van der Waals surface area (Å²) in [7, 11) is 0. The summed E-state index contributed by atoms with van der Waals surface area (Å²) in [5.41, 5.74) is -1.77. The average Bonchev–Trinajstić information content (AvgIpc) is 2.86. The van der Waals surface area contributed by atoms with Crippen molar-refractivity contribution in [1.29, 1.82) is 0 Å². The van der Waals surface area contributed by atoms with Crippen LogP contribution >= 0.6 is 0 Å². The summed E-state index contributed by atoms with van der Waals surface area (Å²) in [5, 5.41) is 5.72. The predicted octanol–water partition coefficient (Wildman–Crippen LogP) is 3.51. The number of carbonyl (C=O) groups is 3. The molecule has 0 bridgehead atoms. The lowest BCUT2D eigenvalue weighted by Gasteiger charge is -2.25. The summed E-state index contributed by atoms with van der Waals surface area (Å²) in [6.07, 6.45) is -5.98. The minimum Gasteiger partial charge on any atom is -0.346 e. The second-order valence-electron chi connectivity index (χ2n) is 7.42. The quantitative estimate of drug-likeness (QED) is 0.459. The van der Waals surface area contributed by atoms with Crippen LogP contribution < -0.4 is 16.0 Å². The third kappa shape index (κ3) is 4.64. The topological polar surface area (TPSA) is 87.3 Å². The van der Waals surface area contributed by atoms with Crippen molar-refractivity contribution < 1.29 is 40.7 Å². The molecule has 0 saturated carbocycles. The molecule has 0 saturated heterocycles. The van der Waals surface area contributed by atoms with Crippen molar-refractivity contribution in [3.8, 4) is 11.1 Å². The molecular weight excluding hydrogens is 456 g/mol. The summed E-state index contributed by atoms with van der Waals surface area (Å²) < 4.78 is 77.7. The number of carbonyl (C=O) groups excluding carboxylic acids is 3. The van der Waals surface area contributed by atoms with Crippen molar-refractivity contribution in [2.24, 2.45) is 0 Å². The second-order valence-corrected chi connectivity index (χ2v) is 7.42. The van der Waals surface area contributed by atoms with Gasteiger partial charge in [0.1, 0.15) is 6.04 Å². The van der Waals surface area contributed by atoms with Crippen molar-refractivity contribution in [1.82, 2.24) is 10.6 Å². The van der Waals surface area contributed by atoms with Crippen LogP contribution in [0.2, 0.25) is 0 Å². The van der Waals surface area contributed by atoms with E-state index in [9.17, 15) is 40.7 Å². The number of benzene rings is 2. The van der Waals surface area contributed by atoms with Crippen molar-refractivity contribution in [2.75, 3.05) is 11.9 Å². The Labute approximate surface area is 183 Å². The van der Waals surface area contributed by atoms with Gasteiger partial charge in [0.25, 0.3) is 23.4 Å². The van der Waals surface area contributed by atoms with E-state index < -0.39 is 48.1 Å². The Morgan fingerprint density at radius 1 is 0.909 bits per heavy atom. The molecule has 0 aromatic heterocycles. The lowest BCUT2D eigenvalue weighted by atomic mass is 9.94. The van der Waals surface area contributed by atoms with Gasteiger partial charge in [0.2, 0.25) is 0 Å². The molecule has 1 aliphatic rings. The molecule has 3 N–H and O–H groups in total. The van der Waals surface area contributed by atoms with Crippen molar-refractivity contribution >= 4 is 23.4 Å². The van der Waals surface area contributed by atoms with E-state index in [1.165, 1.54) is 6.07 Å². The van der Waals surface area contributed by atoms with Crippen molar-refractivity contribution in [2.45, 2.75) is 30.7 Å². The fraction of sp³-hybridized carbons (Fsp3) is 0.286. The van der Waals surface area contributed by atoms with Gasteiger partial charge in [-0.1, -0.05) is 42.5 Å². The zero-order valence-electron chi connectivity index (χ0n) is 16.9. The van der Waals surface area contributed by atoms with Crippen LogP contribution in [-0.4, -0.2) is 42.0 Å². The van der Waals surface area contributed by atoms with Gasteiger partial charge in [0.05, 0.1) is 6.54 Å². The molecule has 3 rings (SSSR count). The van der Waals surface area contributed by atoms with Gasteiger partial charge in [0.15, 0.2) is 0 Å². The number of hydrogen-bond donors (Lipinski definition) is 3. The highest BCUT2D eigenvalue weighted by Crippen LogP contribution is 2.37. The van der Waals surface area contributed by atoms with E-state index in [-0.39, 0.29) is 5.56 Å². The number of rotatable bonds is 5. The van der Waals surface area contributed by atoms with Crippen LogP contribution in [0.5, 0.6) is 0 Å². The Balaban J connectivity index is 1.83. The fourth-order valence-electron chi connectivity index (χ4n) is 3.14. The zero-order valence-corrected chi connectivity index (χ0v) is 16.9. The molecule has 0 aliphatic carbocycles. The van der Waals surface area contributed by atoms with Crippen LogP contribution in [0.25, 0.3) is 11.1 Å². The maximum atomic E-state index is 14.9. The Hall–Kier alpha value is -3.57. The molecule has 0 spiro atoms. The Morgan fingerprint density at radius 2 is 1.48 bits per heavy atom. The molecule has 3 amide bonds. The first-order chi connectivity index (χ1) is 15.3. The van der Waals surface area contributed by atoms with E-state index in [2.05, 4.69) is 10.6 Å². The van der Waals surface area contributed by atoms with Crippen LogP contribution in [0.15, 0.2) is 48.5 Å². The highest BCUT2D eigenvalue weighted by molar-refractivity contribution is 6.10. The first kappa shape index (κ1) is 24.1. The number of para-hydroxylation sites is 1. The maximum Gasteiger partial charge on any atom is 0.455 e. The Kier molecular flexibility index (Phi) is 6.14. The minimum absolute atomic E-state index is 0.258. The lowest BCUT2D eigenvalue weighted by Crippen LogP contribution is -2.56. The first-order valence-electron chi connectivity index (χ1n) is 9.47. The Bertz CT molecular complexity index is 1100. The minimum atomic E-state index is -5.98. The van der Waals surface area contributed by atoms with Crippen LogP contribution in [-0.2, 0) is 14.4 Å². The van der Waals surface area contributed by atoms with Gasteiger partial charge in [-0.3, -0.25) is 14.4 Å². The Morgan fingerprint density at radius 3 is 2.12 bits per heavy atom. The average molecular weight is 473 g/mol. The van der Waals surface area contributed by atoms with Crippen LogP contribution in [0, 0.1) is 0 Å². The summed E-state index contributed by atoms with van der Waals surface area (Å²) in [6, 6.07) is 11.5. The molecule has 1 aliphatic heterocycles. The summed E-state index contributed by atoms with van der Waals surface area (Å²) in [5.74, 6) is -9.83. The molecule has 2 aromatic carbocycles. The number of alkyl halides is 6. The number of fused-ring (bicyclic) bond motifs is 3. The number of hydrogen-bond acceptors (Lipinski definition) is 3. The highest BCUT2D eigenvalue weighted by atomic mass is 19.4. The van der Waals surface area contributed by atoms with Gasteiger partial charge in [-0.05, 0) is 24.1 Å². The molecule has 1 heterocycles. The van der Waals surface area contributed by atoms with Gasteiger partial charge in [-0.2, -0.15) is 22.0 Å². The van der Waals surface area contributed by atoms with E-state index in [0.29, 0.717) is 23.7 Å². The van der Waals surface area contributed by atoms with E-state index in [1.54, 1.807) is 42.5 Å². The highest BCUT2D eigenvalue weighted by Gasteiger charge is 2.58. The monoisotopic (exact) mass is 473 g/mol. The molecule has 0 fully saturated rings. The number of nitrogens with one attached hydrogen (secondary N) is 3. The van der Waals surface area contributed by atoms with Gasteiger partial charge in [0, 0.05) is 11.3 Å². The molecule has 0 radical (unpaired) electrons. The molecule has 176 valence electrons. The van der Waals surface area contributed by atoms with Gasteiger partial charge in [-0.25, -0.2) is 4.39 Å². The van der Waals surface area contributed by atoms with E-state index in [0.717, 1.165) is 5.32 Å². The standard InChI is InChI=1S/C21H17F6N3O3/c1-19(22,17(32)28-10-20(23,24)21(25,26)27)18(33)30-15-13-8-3-2-6-11(13)12-7-4-5-9-14(12)29-16(15)31/h2-9,15H,10H2,1H3,(H,28,32)(H,29,31)(H,30,33)/t15-,19-/m1/s1. The summed E-state index contributed by atoms with van der Waals surface area (Å²) in [6.45, 7) is -1.87. The fourth-order valence-corrected chi connectivity index (χ4v) is 3.14. The molecule has 2 atom stereocenters. The molecule has 0 unspecified atom stereocenters. The van der Waals surface area contributed by atoms with Gasteiger partial charge in [-0.15, -0.1) is 0 Å². The molecule has 2 aromatic rings. The number of anilines is 1. The summed E-state index contributed by atoms with van der Waals surface area (Å²) >= 11 is 0. The molecular formula is C21H17F6N3O3. The third-order valence-electron chi connectivity index (χ3n) is 5.02. The van der Waals surface area contributed by atoms with Crippen molar-refractivity contribution in [3.05, 3.63) is 54.1 Å². The van der Waals surface area contributed by atoms with E-state index in [4.69, 9.17) is 0 Å². The second kappa shape index (κ2) is 8.41. The number of amides is 3. The predicted molar refractivity (Wildman–Crippen MR) is 105 cm³/mol. The summed E-state index contributed by atoms with van der Waals surface area (Å²) in [4.78, 5) is 37.2. The van der Waals surface area contributed by atoms with Crippen LogP contribution in [0.3, 0.4) is 0 Å². The lowest BCUT2D eigenvalue weighted by molar-refractivity contribution is -0.278. The normalized spacial score (nSPS) is 17.5. The van der Waals surface area contributed by atoms with Crippen LogP contribution in [0.1, 0.15) is 18.5 Å².